The summed E-state index contributed by atoms with van der Waals surface area (Å²) in [5.74, 6) is 0.448. The van der Waals surface area contributed by atoms with Gasteiger partial charge in [-0.2, -0.15) is 5.10 Å². The molecule has 1 aliphatic heterocycles. The molecule has 3 heterocycles. The van der Waals surface area contributed by atoms with Gasteiger partial charge in [-0.15, -0.1) is 11.3 Å². The van der Waals surface area contributed by atoms with E-state index < -0.39 is 0 Å². The van der Waals surface area contributed by atoms with Crippen molar-refractivity contribution in [2.45, 2.75) is 32.2 Å². The standard InChI is InChI=1S/C18H21N5OS/c1-2-23-12-14(11-19-23)20-18(24)22-9-7-13(8-10-22)17-21-15-5-3-4-6-16(15)25-17/h3-6,11-13H,2,7-10H2,1H3,(H,20,24). The number of urea groups is 1. The topological polar surface area (TPSA) is 63.1 Å². The van der Waals surface area contributed by atoms with Crippen LogP contribution in [-0.4, -0.2) is 38.8 Å². The number of aryl methyl sites for hydroxylation is 1. The number of para-hydroxylation sites is 1. The maximum absolute atomic E-state index is 12.4. The van der Waals surface area contributed by atoms with E-state index >= 15 is 0 Å². The highest BCUT2D eigenvalue weighted by Crippen LogP contribution is 2.33. The molecule has 1 fully saturated rings. The van der Waals surface area contributed by atoms with Crippen LogP contribution < -0.4 is 5.32 Å². The first-order valence-electron chi connectivity index (χ1n) is 8.67. The summed E-state index contributed by atoms with van der Waals surface area (Å²) in [6.07, 6.45) is 5.46. The van der Waals surface area contributed by atoms with Crippen LogP contribution in [0.25, 0.3) is 10.2 Å². The van der Waals surface area contributed by atoms with E-state index in [1.165, 1.54) is 9.71 Å². The quantitative estimate of drug-likeness (QED) is 0.774. The zero-order valence-corrected chi connectivity index (χ0v) is 15.0. The summed E-state index contributed by atoms with van der Waals surface area (Å²) < 4.78 is 3.04. The van der Waals surface area contributed by atoms with Crippen molar-refractivity contribution in [3.8, 4) is 0 Å². The fourth-order valence-corrected chi connectivity index (χ4v) is 4.33. The molecule has 4 rings (SSSR count). The van der Waals surface area contributed by atoms with Crippen molar-refractivity contribution >= 4 is 33.3 Å². The van der Waals surface area contributed by atoms with Gasteiger partial charge in [0.2, 0.25) is 0 Å². The van der Waals surface area contributed by atoms with E-state index in [9.17, 15) is 4.79 Å². The molecule has 1 saturated heterocycles. The number of rotatable bonds is 3. The monoisotopic (exact) mass is 355 g/mol. The van der Waals surface area contributed by atoms with Crippen LogP contribution >= 0.6 is 11.3 Å². The van der Waals surface area contributed by atoms with Gasteiger partial charge in [0.05, 0.1) is 27.1 Å². The van der Waals surface area contributed by atoms with Crippen molar-refractivity contribution in [2.24, 2.45) is 0 Å². The fraction of sp³-hybridized carbons (Fsp3) is 0.389. The van der Waals surface area contributed by atoms with Crippen molar-refractivity contribution in [3.63, 3.8) is 0 Å². The summed E-state index contributed by atoms with van der Waals surface area (Å²) in [5, 5.41) is 8.31. The Bertz CT molecular complexity index is 845. The number of hydrogen-bond acceptors (Lipinski definition) is 4. The molecule has 0 bridgehead atoms. The smallest absolute Gasteiger partial charge is 0.321 e. The van der Waals surface area contributed by atoms with Gasteiger partial charge >= 0.3 is 6.03 Å². The number of likely N-dealkylation sites (tertiary alicyclic amines) is 1. The first-order chi connectivity index (χ1) is 12.2. The zero-order chi connectivity index (χ0) is 17.2. The molecule has 1 N–H and O–H groups in total. The van der Waals surface area contributed by atoms with Crippen LogP contribution in [0.4, 0.5) is 10.5 Å². The molecule has 0 spiro atoms. The van der Waals surface area contributed by atoms with Gasteiger partial charge in [0.25, 0.3) is 0 Å². The van der Waals surface area contributed by atoms with Crippen molar-refractivity contribution in [1.82, 2.24) is 19.7 Å². The molecule has 25 heavy (non-hydrogen) atoms. The van der Waals surface area contributed by atoms with E-state index in [1.54, 1.807) is 22.2 Å². The Labute approximate surface area is 150 Å². The highest BCUT2D eigenvalue weighted by Gasteiger charge is 2.26. The Morgan fingerprint density at radius 1 is 1.32 bits per heavy atom. The average Bonchev–Trinajstić information content (AvgIpc) is 3.28. The number of fused-ring (bicyclic) bond motifs is 1. The first kappa shape index (κ1) is 16.1. The summed E-state index contributed by atoms with van der Waals surface area (Å²) in [4.78, 5) is 19.1. The summed E-state index contributed by atoms with van der Waals surface area (Å²) in [6, 6.07) is 8.22. The highest BCUT2D eigenvalue weighted by molar-refractivity contribution is 7.18. The summed E-state index contributed by atoms with van der Waals surface area (Å²) in [5.41, 5.74) is 1.83. The van der Waals surface area contributed by atoms with E-state index in [-0.39, 0.29) is 6.03 Å². The minimum atomic E-state index is -0.0431. The number of benzene rings is 1. The lowest BCUT2D eigenvalue weighted by molar-refractivity contribution is 0.194. The second kappa shape index (κ2) is 6.84. The SMILES string of the molecule is CCn1cc(NC(=O)N2CCC(c3nc4ccccc4s3)CC2)cn1. The molecule has 1 aliphatic rings. The number of aromatic nitrogens is 3. The number of nitrogens with one attached hydrogen (secondary N) is 1. The number of nitrogens with zero attached hydrogens (tertiary/aromatic N) is 4. The van der Waals surface area contributed by atoms with E-state index in [0.717, 1.165) is 43.7 Å². The Morgan fingerprint density at radius 2 is 2.12 bits per heavy atom. The van der Waals surface area contributed by atoms with Crippen LogP contribution in [0, 0.1) is 0 Å². The Hall–Kier alpha value is -2.41. The van der Waals surface area contributed by atoms with Crippen LogP contribution in [0.15, 0.2) is 36.7 Å². The lowest BCUT2D eigenvalue weighted by Gasteiger charge is -2.30. The number of piperidine rings is 1. The number of amides is 2. The number of thiazole rings is 1. The molecule has 3 aromatic rings. The molecule has 2 amide bonds. The molecule has 1 aromatic carbocycles. The molecular formula is C18H21N5OS. The van der Waals surface area contributed by atoms with E-state index in [2.05, 4.69) is 28.6 Å². The van der Waals surface area contributed by atoms with Crippen LogP contribution in [0.1, 0.15) is 30.7 Å². The largest absolute Gasteiger partial charge is 0.324 e. The molecule has 7 heteroatoms. The number of anilines is 1. The van der Waals surface area contributed by atoms with Gasteiger partial charge in [-0.05, 0) is 31.9 Å². The molecule has 130 valence electrons. The molecule has 2 aromatic heterocycles. The Balaban J connectivity index is 1.36. The molecular weight excluding hydrogens is 334 g/mol. The van der Waals surface area contributed by atoms with Crippen LogP contribution in [-0.2, 0) is 6.54 Å². The Kier molecular flexibility index (Phi) is 4.40. The lowest BCUT2D eigenvalue weighted by atomic mass is 9.98. The maximum Gasteiger partial charge on any atom is 0.321 e. The van der Waals surface area contributed by atoms with E-state index in [0.29, 0.717) is 5.92 Å². The molecule has 0 saturated carbocycles. The zero-order valence-electron chi connectivity index (χ0n) is 14.2. The van der Waals surface area contributed by atoms with Crippen molar-refractivity contribution in [1.29, 1.82) is 0 Å². The van der Waals surface area contributed by atoms with Gasteiger partial charge < -0.3 is 10.2 Å². The molecule has 0 atom stereocenters. The van der Waals surface area contributed by atoms with Gasteiger partial charge in [0, 0.05) is 31.7 Å². The number of carbonyl (C=O) groups excluding carboxylic acids is 1. The number of carbonyl (C=O) groups is 1. The molecule has 0 radical (unpaired) electrons. The van der Waals surface area contributed by atoms with Gasteiger partial charge in [0.1, 0.15) is 0 Å². The van der Waals surface area contributed by atoms with Gasteiger partial charge in [0.15, 0.2) is 0 Å². The van der Waals surface area contributed by atoms with E-state index in [4.69, 9.17) is 4.98 Å². The second-order valence-corrected chi connectivity index (χ2v) is 7.36. The summed E-state index contributed by atoms with van der Waals surface area (Å²) >= 11 is 1.78. The highest BCUT2D eigenvalue weighted by atomic mass is 32.1. The second-order valence-electron chi connectivity index (χ2n) is 6.30. The van der Waals surface area contributed by atoms with Crippen LogP contribution in [0.2, 0.25) is 0 Å². The van der Waals surface area contributed by atoms with Crippen LogP contribution in [0.5, 0.6) is 0 Å². The van der Waals surface area contributed by atoms with Gasteiger partial charge in [-0.25, -0.2) is 9.78 Å². The fourth-order valence-electron chi connectivity index (χ4n) is 3.20. The van der Waals surface area contributed by atoms with Gasteiger partial charge in [-0.1, -0.05) is 12.1 Å². The van der Waals surface area contributed by atoms with Crippen molar-refractivity contribution in [2.75, 3.05) is 18.4 Å². The molecule has 0 unspecified atom stereocenters. The predicted molar refractivity (Wildman–Crippen MR) is 100 cm³/mol. The van der Waals surface area contributed by atoms with Gasteiger partial charge in [-0.3, -0.25) is 4.68 Å². The first-order valence-corrected chi connectivity index (χ1v) is 9.48. The van der Waals surface area contributed by atoms with Crippen molar-refractivity contribution in [3.05, 3.63) is 41.7 Å². The Morgan fingerprint density at radius 3 is 2.84 bits per heavy atom. The van der Waals surface area contributed by atoms with Crippen LogP contribution in [0.3, 0.4) is 0 Å². The minimum Gasteiger partial charge on any atom is -0.324 e. The molecule has 6 nitrogen and oxygen atoms in total. The normalized spacial score (nSPS) is 15.6. The third-order valence-electron chi connectivity index (χ3n) is 4.65. The predicted octanol–water partition coefficient (Wildman–Crippen LogP) is 3.92. The molecule has 0 aliphatic carbocycles. The lowest BCUT2D eigenvalue weighted by Crippen LogP contribution is -2.40. The third-order valence-corrected chi connectivity index (χ3v) is 5.85. The van der Waals surface area contributed by atoms with Crippen molar-refractivity contribution < 1.29 is 4.79 Å². The number of hydrogen-bond donors (Lipinski definition) is 1. The van der Waals surface area contributed by atoms with E-state index in [1.807, 2.05) is 24.1 Å². The summed E-state index contributed by atoms with van der Waals surface area (Å²) in [6.45, 7) is 4.33. The third kappa shape index (κ3) is 3.37. The minimum absolute atomic E-state index is 0.0431. The average molecular weight is 355 g/mol. The maximum atomic E-state index is 12.4. The summed E-state index contributed by atoms with van der Waals surface area (Å²) in [7, 11) is 0.